The van der Waals surface area contributed by atoms with Gasteiger partial charge in [-0.15, -0.1) is 0 Å². The highest BCUT2D eigenvalue weighted by molar-refractivity contribution is 5.30. The molecular formula is C14H12F2N4O2. The molecule has 1 aromatic carbocycles. The number of aromatic nitrogens is 4. The lowest BCUT2D eigenvalue weighted by Crippen LogP contribution is -2.22. The summed E-state index contributed by atoms with van der Waals surface area (Å²) in [6.45, 7) is 1.63. The molecule has 2 heterocycles. The zero-order valence-electron chi connectivity index (χ0n) is 11.6. The third-order valence-corrected chi connectivity index (χ3v) is 3.42. The van der Waals surface area contributed by atoms with Crippen molar-refractivity contribution in [2.45, 2.75) is 19.6 Å². The Balaban J connectivity index is 2.03. The van der Waals surface area contributed by atoms with E-state index in [-0.39, 0.29) is 23.4 Å². The van der Waals surface area contributed by atoms with Crippen LogP contribution in [0.25, 0.3) is 5.78 Å². The Hall–Kier alpha value is -2.61. The van der Waals surface area contributed by atoms with Crippen LogP contribution >= 0.6 is 0 Å². The molecule has 0 radical (unpaired) electrons. The van der Waals surface area contributed by atoms with Crippen molar-refractivity contribution in [2.24, 2.45) is 0 Å². The van der Waals surface area contributed by atoms with Crippen molar-refractivity contribution in [2.75, 3.05) is 0 Å². The van der Waals surface area contributed by atoms with E-state index in [4.69, 9.17) is 0 Å². The van der Waals surface area contributed by atoms with Gasteiger partial charge in [0.1, 0.15) is 18.0 Å². The van der Waals surface area contributed by atoms with Gasteiger partial charge in [0.05, 0.1) is 12.6 Å². The van der Waals surface area contributed by atoms with Crippen LogP contribution in [-0.4, -0.2) is 24.3 Å². The molecule has 0 spiro atoms. The second kappa shape index (κ2) is 5.30. The van der Waals surface area contributed by atoms with Crippen LogP contribution < -0.4 is 5.56 Å². The molecule has 22 heavy (non-hydrogen) atoms. The molecule has 0 saturated carbocycles. The van der Waals surface area contributed by atoms with Gasteiger partial charge in [-0.05, 0) is 13.0 Å². The van der Waals surface area contributed by atoms with Gasteiger partial charge in [-0.3, -0.25) is 4.79 Å². The van der Waals surface area contributed by atoms with Crippen molar-refractivity contribution < 1.29 is 13.9 Å². The minimum atomic E-state index is -1.22. The molecule has 0 aliphatic carbocycles. The van der Waals surface area contributed by atoms with Crippen molar-refractivity contribution in [1.29, 1.82) is 0 Å². The van der Waals surface area contributed by atoms with Crippen molar-refractivity contribution in [1.82, 2.24) is 19.2 Å². The number of hydrogen-bond acceptors (Lipinski definition) is 4. The maximum atomic E-state index is 13.7. The maximum absolute atomic E-state index is 13.7. The van der Waals surface area contributed by atoms with E-state index >= 15 is 0 Å². The topological polar surface area (TPSA) is 72.4 Å². The molecule has 3 rings (SSSR count). The largest absolute Gasteiger partial charge is 0.386 e. The van der Waals surface area contributed by atoms with Gasteiger partial charge in [0.25, 0.3) is 5.56 Å². The van der Waals surface area contributed by atoms with E-state index in [1.54, 1.807) is 11.5 Å². The van der Waals surface area contributed by atoms with E-state index in [0.717, 1.165) is 10.6 Å². The molecule has 0 bridgehead atoms. The standard InChI is InChI=1S/C14H12F2N4O2/c1-8-4-13(22)20-14(17-7-18-20)19(8)6-12(21)10-3-2-9(15)5-11(10)16/h2-5,7,12,21H,6H2,1H3. The summed E-state index contributed by atoms with van der Waals surface area (Å²) in [7, 11) is 0. The summed E-state index contributed by atoms with van der Waals surface area (Å²) in [4.78, 5) is 15.7. The molecule has 0 saturated heterocycles. The van der Waals surface area contributed by atoms with E-state index < -0.39 is 17.7 Å². The Bertz CT molecular complexity index is 903. The number of rotatable bonds is 3. The zero-order chi connectivity index (χ0) is 15.9. The molecule has 8 heteroatoms. The lowest BCUT2D eigenvalue weighted by molar-refractivity contribution is 0.151. The SMILES string of the molecule is Cc1cc(=O)n2ncnc2n1CC(O)c1ccc(F)cc1F. The van der Waals surface area contributed by atoms with Crippen LogP contribution in [0.4, 0.5) is 8.78 Å². The molecular weight excluding hydrogens is 294 g/mol. The second-order valence-corrected chi connectivity index (χ2v) is 4.89. The first-order chi connectivity index (χ1) is 10.5. The normalized spacial score (nSPS) is 12.7. The summed E-state index contributed by atoms with van der Waals surface area (Å²) in [5.74, 6) is -1.30. The molecule has 1 atom stereocenters. The van der Waals surface area contributed by atoms with E-state index in [1.165, 1.54) is 18.5 Å². The maximum Gasteiger partial charge on any atom is 0.275 e. The average Bonchev–Trinajstić information content (AvgIpc) is 2.93. The van der Waals surface area contributed by atoms with Gasteiger partial charge >= 0.3 is 0 Å². The first kappa shape index (κ1) is 14.3. The molecule has 0 aliphatic rings. The lowest BCUT2D eigenvalue weighted by Gasteiger charge is -2.17. The van der Waals surface area contributed by atoms with Crippen molar-refractivity contribution in [3.8, 4) is 0 Å². The summed E-state index contributed by atoms with van der Waals surface area (Å²) in [5, 5.41) is 14.0. The van der Waals surface area contributed by atoms with Crippen molar-refractivity contribution in [3.63, 3.8) is 0 Å². The number of halogens is 2. The van der Waals surface area contributed by atoms with Gasteiger partial charge in [0.15, 0.2) is 0 Å². The lowest BCUT2D eigenvalue weighted by atomic mass is 10.1. The highest BCUT2D eigenvalue weighted by atomic mass is 19.1. The third kappa shape index (κ3) is 2.37. The number of hydrogen-bond donors (Lipinski definition) is 1. The Labute approximate surface area is 123 Å². The zero-order valence-corrected chi connectivity index (χ0v) is 11.6. The molecule has 1 N–H and O–H groups in total. The second-order valence-electron chi connectivity index (χ2n) is 4.89. The van der Waals surface area contributed by atoms with Gasteiger partial charge in [-0.25, -0.2) is 8.78 Å². The van der Waals surface area contributed by atoms with Crippen LogP contribution in [0.5, 0.6) is 0 Å². The van der Waals surface area contributed by atoms with Crippen LogP contribution in [0.1, 0.15) is 17.4 Å². The van der Waals surface area contributed by atoms with Crippen LogP contribution in [0.2, 0.25) is 0 Å². The summed E-state index contributed by atoms with van der Waals surface area (Å²) in [5.41, 5.74) is 0.174. The first-order valence-corrected chi connectivity index (χ1v) is 6.50. The van der Waals surface area contributed by atoms with Gasteiger partial charge in [-0.1, -0.05) is 6.07 Å². The Morgan fingerprint density at radius 2 is 2.09 bits per heavy atom. The fourth-order valence-corrected chi connectivity index (χ4v) is 2.32. The minimum absolute atomic E-state index is 0.0304. The number of nitrogens with zero attached hydrogens (tertiary/aromatic N) is 4. The van der Waals surface area contributed by atoms with Gasteiger partial charge in [0.2, 0.25) is 5.78 Å². The van der Waals surface area contributed by atoms with Crippen molar-refractivity contribution in [3.05, 3.63) is 63.8 Å². The van der Waals surface area contributed by atoms with E-state index in [0.29, 0.717) is 11.8 Å². The molecule has 0 fully saturated rings. The molecule has 0 amide bonds. The van der Waals surface area contributed by atoms with E-state index in [2.05, 4.69) is 10.1 Å². The fraction of sp³-hybridized carbons (Fsp3) is 0.214. The van der Waals surface area contributed by atoms with Gasteiger partial charge < -0.3 is 9.67 Å². The van der Waals surface area contributed by atoms with Gasteiger partial charge in [-0.2, -0.15) is 14.6 Å². The molecule has 3 aromatic rings. The van der Waals surface area contributed by atoms with Crippen molar-refractivity contribution >= 4 is 5.78 Å². The summed E-state index contributed by atoms with van der Waals surface area (Å²) in [6, 6.07) is 4.32. The Kier molecular flexibility index (Phi) is 3.45. The Morgan fingerprint density at radius 3 is 2.82 bits per heavy atom. The predicted molar refractivity (Wildman–Crippen MR) is 73.3 cm³/mol. The third-order valence-electron chi connectivity index (χ3n) is 3.42. The van der Waals surface area contributed by atoms with Gasteiger partial charge in [0, 0.05) is 23.4 Å². The van der Waals surface area contributed by atoms with Crippen LogP contribution in [-0.2, 0) is 6.54 Å². The molecule has 1 unspecified atom stereocenters. The summed E-state index contributed by atoms with van der Waals surface area (Å²) >= 11 is 0. The number of benzene rings is 1. The van der Waals surface area contributed by atoms with E-state index in [9.17, 15) is 18.7 Å². The molecule has 6 nitrogen and oxygen atoms in total. The first-order valence-electron chi connectivity index (χ1n) is 6.50. The summed E-state index contributed by atoms with van der Waals surface area (Å²) < 4.78 is 29.3. The molecule has 114 valence electrons. The quantitative estimate of drug-likeness (QED) is 0.789. The number of aliphatic hydroxyl groups excluding tert-OH is 1. The molecule has 2 aromatic heterocycles. The van der Waals surface area contributed by atoms with Crippen LogP contribution in [0.3, 0.4) is 0 Å². The Morgan fingerprint density at radius 1 is 1.32 bits per heavy atom. The predicted octanol–water partition coefficient (Wildman–Crippen LogP) is 1.21. The highest BCUT2D eigenvalue weighted by Gasteiger charge is 2.17. The summed E-state index contributed by atoms with van der Waals surface area (Å²) in [6.07, 6.45) is -0.000318. The number of fused-ring (bicyclic) bond motifs is 1. The highest BCUT2D eigenvalue weighted by Crippen LogP contribution is 2.20. The van der Waals surface area contributed by atoms with E-state index in [1.807, 2.05) is 0 Å². The van der Waals surface area contributed by atoms with Crippen LogP contribution in [0, 0.1) is 18.6 Å². The number of aryl methyl sites for hydroxylation is 1. The monoisotopic (exact) mass is 306 g/mol. The number of aliphatic hydroxyl groups is 1. The minimum Gasteiger partial charge on any atom is -0.386 e. The smallest absolute Gasteiger partial charge is 0.275 e. The van der Waals surface area contributed by atoms with Crippen LogP contribution in [0.15, 0.2) is 35.4 Å². The molecule has 0 aliphatic heterocycles. The fourth-order valence-electron chi connectivity index (χ4n) is 2.32. The average molecular weight is 306 g/mol.